The van der Waals surface area contributed by atoms with E-state index >= 15 is 0 Å². The molecule has 2 rings (SSSR count). The van der Waals surface area contributed by atoms with Gasteiger partial charge >= 0.3 is 5.97 Å². The Balaban J connectivity index is 2.59. The molecule has 0 unspecified atom stereocenters. The summed E-state index contributed by atoms with van der Waals surface area (Å²) in [6.45, 7) is 0. The predicted octanol–water partition coefficient (Wildman–Crippen LogP) is 1.68. The summed E-state index contributed by atoms with van der Waals surface area (Å²) in [6.07, 6.45) is 3.34. The van der Waals surface area contributed by atoms with Crippen LogP contribution < -0.4 is 5.73 Å². The summed E-state index contributed by atoms with van der Waals surface area (Å²) in [4.78, 5) is 10.9. The van der Waals surface area contributed by atoms with Crippen molar-refractivity contribution in [3.05, 3.63) is 35.4 Å². The molecule has 1 aliphatic carbocycles. The van der Waals surface area contributed by atoms with Crippen LogP contribution in [0.5, 0.6) is 0 Å². The van der Waals surface area contributed by atoms with E-state index in [1.165, 1.54) is 0 Å². The standard InChI is InChI=1S/C11H11NO2/c12-10-6-2-3-7-8(10)4-1-5-9(7)11(13)14/h2-3,5-6H,1,4,12H2,(H,13,14). The van der Waals surface area contributed by atoms with Crippen LogP contribution in [-0.4, -0.2) is 11.1 Å². The maximum Gasteiger partial charge on any atom is 0.335 e. The van der Waals surface area contributed by atoms with Crippen molar-refractivity contribution >= 4 is 17.2 Å². The molecule has 0 bridgehead atoms. The highest BCUT2D eigenvalue weighted by atomic mass is 16.4. The molecule has 0 aromatic heterocycles. The molecule has 0 saturated heterocycles. The number of rotatable bonds is 1. The summed E-state index contributed by atoms with van der Waals surface area (Å²) in [5.41, 5.74) is 8.58. The van der Waals surface area contributed by atoms with Crippen molar-refractivity contribution in [1.29, 1.82) is 0 Å². The molecule has 1 aliphatic rings. The number of hydrogen-bond donors (Lipinski definition) is 2. The summed E-state index contributed by atoms with van der Waals surface area (Å²) >= 11 is 0. The second kappa shape index (κ2) is 3.18. The third-order valence-electron chi connectivity index (χ3n) is 2.48. The van der Waals surface area contributed by atoms with Crippen LogP contribution in [0.2, 0.25) is 0 Å². The van der Waals surface area contributed by atoms with Gasteiger partial charge in [0, 0.05) is 5.69 Å². The van der Waals surface area contributed by atoms with Crippen molar-refractivity contribution in [2.45, 2.75) is 12.8 Å². The van der Waals surface area contributed by atoms with Gasteiger partial charge in [-0.3, -0.25) is 0 Å². The minimum Gasteiger partial charge on any atom is -0.478 e. The van der Waals surface area contributed by atoms with Crippen LogP contribution in [0.1, 0.15) is 17.5 Å². The van der Waals surface area contributed by atoms with Gasteiger partial charge in [0.05, 0.1) is 5.57 Å². The lowest BCUT2D eigenvalue weighted by atomic mass is 9.90. The lowest BCUT2D eigenvalue weighted by Gasteiger charge is -2.16. The van der Waals surface area contributed by atoms with Gasteiger partial charge in [0.1, 0.15) is 0 Å². The lowest BCUT2D eigenvalue weighted by Crippen LogP contribution is -2.09. The van der Waals surface area contributed by atoms with E-state index in [9.17, 15) is 4.79 Å². The number of anilines is 1. The Bertz CT molecular complexity index is 421. The Hall–Kier alpha value is -1.77. The molecule has 0 atom stereocenters. The number of carbonyl (C=O) groups is 1. The molecular formula is C11H11NO2. The molecule has 14 heavy (non-hydrogen) atoms. The Morgan fingerprint density at radius 3 is 2.93 bits per heavy atom. The van der Waals surface area contributed by atoms with E-state index in [0.717, 1.165) is 24.0 Å². The number of nitrogens with two attached hydrogens (primary N) is 1. The summed E-state index contributed by atoms with van der Waals surface area (Å²) < 4.78 is 0. The molecule has 0 heterocycles. The smallest absolute Gasteiger partial charge is 0.335 e. The average molecular weight is 189 g/mol. The molecule has 0 fully saturated rings. The molecular weight excluding hydrogens is 178 g/mol. The topological polar surface area (TPSA) is 63.3 Å². The van der Waals surface area contributed by atoms with Crippen LogP contribution in [0.15, 0.2) is 24.3 Å². The van der Waals surface area contributed by atoms with Gasteiger partial charge in [0.25, 0.3) is 0 Å². The number of carboxylic acid groups (broad SMARTS) is 1. The monoisotopic (exact) mass is 189 g/mol. The van der Waals surface area contributed by atoms with Crippen LogP contribution in [-0.2, 0) is 11.2 Å². The number of hydrogen-bond acceptors (Lipinski definition) is 2. The zero-order valence-corrected chi connectivity index (χ0v) is 7.66. The van der Waals surface area contributed by atoms with Crippen molar-refractivity contribution in [3.8, 4) is 0 Å². The van der Waals surface area contributed by atoms with Crippen LogP contribution >= 0.6 is 0 Å². The quantitative estimate of drug-likeness (QED) is 0.660. The SMILES string of the molecule is Nc1cccc2c1CCC=C2C(=O)O. The normalized spacial score (nSPS) is 14.4. The van der Waals surface area contributed by atoms with Crippen LogP contribution in [0.3, 0.4) is 0 Å². The van der Waals surface area contributed by atoms with Crippen LogP contribution in [0.4, 0.5) is 5.69 Å². The van der Waals surface area contributed by atoms with E-state index < -0.39 is 5.97 Å². The highest BCUT2D eigenvalue weighted by Gasteiger charge is 2.18. The molecule has 1 aromatic rings. The number of benzene rings is 1. The first-order chi connectivity index (χ1) is 6.70. The fraction of sp³-hybridized carbons (Fsp3) is 0.182. The first-order valence-electron chi connectivity index (χ1n) is 4.51. The molecule has 0 saturated carbocycles. The average Bonchev–Trinajstić information content (AvgIpc) is 2.17. The Labute approximate surface area is 81.9 Å². The van der Waals surface area contributed by atoms with E-state index in [4.69, 9.17) is 10.8 Å². The number of nitrogen functional groups attached to an aromatic ring is 1. The number of allylic oxidation sites excluding steroid dienone is 1. The molecule has 0 aliphatic heterocycles. The largest absolute Gasteiger partial charge is 0.478 e. The Morgan fingerprint density at radius 1 is 1.43 bits per heavy atom. The number of fused-ring (bicyclic) bond motifs is 1. The van der Waals surface area contributed by atoms with Crippen molar-refractivity contribution < 1.29 is 9.90 Å². The predicted molar refractivity (Wildman–Crippen MR) is 54.8 cm³/mol. The molecule has 0 spiro atoms. The molecule has 3 N–H and O–H groups in total. The van der Waals surface area contributed by atoms with Gasteiger partial charge in [-0.25, -0.2) is 4.79 Å². The van der Waals surface area contributed by atoms with Gasteiger partial charge in [0.2, 0.25) is 0 Å². The highest BCUT2D eigenvalue weighted by Crippen LogP contribution is 2.30. The second-order valence-electron chi connectivity index (χ2n) is 3.33. The Morgan fingerprint density at radius 2 is 2.21 bits per heavy atom. The molecule has 3 nitrogen and oxygen atoms in total. The Kier molecular flexibility index (Phi) is 2.00. The minimum atomic E-state index is -0.878. The van der Waals surface area contributed by atoms with Crippen molar-refractivity contribution in [1.82, 2.24) is 0 Å². The summed E-state index contributed by atoms with van der Waals surface area (Å²) in [5, 5.41) is 8.97. The molecule has 72 valence electrons. The zero-order valence-electron chi connectivity index (χ0n) is 7.66. The fourth-order valence-corrected chi connectivity index (χ4v) is 1.81. The molecule has 0 amide bonds. The molecule has 1 aromatic carbocycles. The van der Waals surface area contributed by atoms with Gasteiger partial charge in [-0.15, -0.1) is 0 Å². The second-order valence-corrected chi connectivity index (χ2v) is 3.33. The summed E-state index contributed by atoms with van der Waals surface area (Å²) in [7, 11) is 0. The minimum absolute atomic E-state index is 0.374. The summed E-state index contributed by atoms with van der Waals surface area (Å²) in [5.74, 6) is -0.878. The number of aliphatic carboxylic acids is 1. The fourth-order valence-electron chi connectivity index (χ4n) is 1.81. The highest BCUT2D eigenvalue weighted by molar-refractivity contribution is 6.16. The van der Waals surface area contributed by atoms with Crippen LogP contribution in [0.25, 0.3) is 5.57 Å². The van der Waals surface area contributed by atoms with Crippen molar-refractivity contribution in [2.75, 3.05) is 5.73 Å². The van der Waals surface area contributed by atoms with E-state index in [-0.39, 0.29) is 0 Å². The maximum absolute atomic E-state index is 10.9. The lowest BCUT2D eigenvalue weighted by molar-refractivity contribution is -0.130. The van der Waals surface area contributed by atoms with Gasteiger partial charge in [-0.2, -0.15) is 0 Å². The first kappa shape index (κ1) is 8.81. The summed E-state index contributed by atoms with van der Waals surface area (Å²) in [6, 6.07) is 5.41. The van der Waals surface area contributed by atoms with Crippen molar-refractivity contribution in [3.63, 3.8) is 0 Å². The van der Waals surface area contributed by atoms with Gasteiger partial charge in [0.15, 0.2) is 0 Å². The first-order valence-corrected chi connectivity index (χ1v) is 4.51. The zero-order chi connectivity index (χ0) is 10.1. The third kappa shape index (κ3) is 1.27. The maximum atomic E-state index is 10.9. The molecule has 3 heteroatoms. The third-order valence-corrected chi connectivity index (χ3v) is 2.48. The number of carboxylic acids is 1. The van der Waals surface area contributed by atoms with Gasteiger partial charge in [-0.05, 0) is 30.0 Å². The van der Waals surface area contributed by atoms with Gasteiger partial charge < -0.3 is 10.8 Å². The molecule has 0 radical (unpaired) electrons. The van der Waals surface area contributed by atoms with Crippen molar-refractivity contribution in [2.24, 2.45) is 0 Å². The van der Waals surface area contributed by atoms with Gasteiger partial charge in [-0.1, -0.05) is 18.2 Å². The van der Waals surface area contributed by atoms with E-state index in [1.807, 2.05) is 12.1 Å². The van der Waals surface area contributed by atoms with Crippen LogP contribution in [0, 0.1) is 0 Å². The van der Waals surface area contributed by atoms with E-state index in [0.29, 0.717) is 11.3 Å². The van der Waals surface area contributed by atoms with E-state index in [1.54, 1.807) is 12.1 Å². The van der Waals surface area contributed by atoms with E-state index in [2.05, 4.69) is 0 Å².